The molecule has 3 heterocycles. The number of rotatable bonds is 4. The lowest BCUT2D eigenvalue weighted by Crippen LogP contribution is -2.36. The summed E-state index contributed by atoms with van der Waals surface area (Å²) in [5.41, 5.74) is 3.16. The molecule has 162 valence electrons. The molecule has 2 aliphatic carbocycles. The molecule has 5 rings (SSSR count). The smallest absolute Gasteiger partial charge is 0.337 e. The highest BCUT2D eigenvalue weighted by Crippen LogP contribution is 2.47. The Morgan fingerprint density at radius 2 is 1.90 bits per heavy atom. The Balaban J connectivity index is 1.53. The normalized spacial score (nSPS) is 24.4. The van der Waals surface area contributed by atoms with E-state index < -0.39 is 0 Å². The quantitative estimate of drug-likeness (QED) is 0.580. The van der Waals surface area contributed by atoms with Crippen molar-refractivity contribution in [2.24, 2.45) is 0 Å². The van der Waals surface area contributed by atoms with E-state index >= 15 is 0 Å². The lowest BCUT2D eigenvalue weighted by atomic mass is 9.74. The summed E-state index contributed by atoms with van der Waals surface area (Å²) < 4.78 is 5.91. The number of hydrogen-bond acceptors (Lipinski definition) is 6. The van der Waals surface area contributed by atoms with Crippen molar-refractivity contribution < 1.29 is 14.3 Å². The van der Waals surface area contributed by atoms with E-state index in [1.54, 1.807) is 22.7 Å². The zero-order valence-corrected chi connectivity index (χ0v) is 19.5. The van der Waals surface area contributed by atoms with E-state index in [1.807, 2.05) is 13.0 Å². The van der Waals surface area contributed by atoms with Crippen molar-refractivity contribution in [2.45, 2.75) is 70.3 Å². The molecular formula is C25H27NO3S2. The summed E-state index contributed by atoms with van der Waals surface area (Å²) in [4.78, 5) is 30.3. The fraction of sp³-hybridized carbons (Fsp3) is 0.440. The number of ether oxygens (including phenoxy) is 1. The van der Waals surface area contributed by atoms with E-state index in [-0.39, 0.29) is 29.7 Å². The van der Waals surface area contributed by atoms with E-state index in [1.165, 1.54) is 9.75 Å². The topological polar surface area (TPSA) is 55.4 Å². The minimum Gasteiger partial charge on any atom is -0.459 e. The van der Waals surface area contributed by atoms with Gasteiger partial charge in [0.2, 0.25) is 0 Å². The number of Topliss-reactive ketones (excluding diaryl/α,β-unsaturated/α-hetero) is 1. The largest absolute Gasteiger partial charge is 0.459 e. The highest BCUT2D eigenvalue weighted by atomic mass is 32.1. The van der Waals surface area contributed by atoms with Gasteiger partial charge >= 0.3 is 5.97 Å². The van der Waals surface area contributed by atoms with Crippen LogP contribution in [0.4, 0.5) is 0 Å². The standard InChI is InChI=1S/C25H27NO3S2/c1-14-9-10-21(31-14)24-22(25(28)29-17-6-3-4-7-17)15(2)26-18-12-16(13-19(27)23(18)24)20-8-5-11-30-20/h5,8-11,16-17,24,26H,3-4,6-7,12-13H2,1-2H3/t16-,24-/m0/s1. The Morgan fingerprint density at radius 1 is 1.10 bits per heavy atom. The number of dihydropyridines is 1. The van der Waals surface area contributed by atoms with E-state index in [0.717, 1.165) is 53.9 Å². The summed E-state index contributed by atoms with van der Waals surface area (Å²) in [5, 5.41) is 5.52. The van der Waals surface area contributed by atoms with Crippen LogP contribution in [0, 0.1) is 6.92 Å². The first-order valence-electron chi connectivity index (χ1n) is 11.1. The van der Waals surface area contributed by atoms with Gasteiger partial charge in [-0.25, -0.2) is 4.79 Å². The van der Waals surface area contributed by atoms with Crippen LogP contribution in [0.2, 0.25) is 0 Å². The first kappa shape index (κ1) is 20.7. The predicted molar refractivity (Wildman–Crippen MR) is 124 cm³/mol. The number of thiophene rings is 2. The first-order chi connectivity index (χ1) is 15.0. The van der Waals surface area contributed by atoms with Crippen LogP contribution in [0.15, 0.2) is 52.2 Å². The Bertz CT molecular complexity index is 1070. The molecule has 31 heavy (non-hydrogen) atoms. The highest BCUT2D eigenvalue weighted by molar-refractivity contribution is 7.12. The molecule has 1 saturated carbocycles. The molecule has 0 unspecified atom stereocenters. The van der Waals surface area contributed by atoms with Gasteiger partial charge in [-0.1, -0.05) is 6.07 Å². The monoisotopic (exact) mass is 453 g/mol. The van der Waals surface area contributed by atoms with Crippen molar-refractivity contribution in [3.8, 4) is 0 Å². The molecule has 0 aromatic carbocycles. The van der Waals surface area contributed by atoms with Crippen LogP contribution in [0.1, 0.15) is 71.9 Å². The lowest BCUT2D eigenvalue weighted by Gasteiger charge is -2.36. The molecule has 2 aromatic rings. The van der Waals surface area contributed by atoms with Crippen molar-refractivity contribution in [1.82, 2.24) is 5.32 Å². The van der Waals surface area contributed by atoms with Crippen LogP contribution in [-0.4, -0.2) is 17.9 Å². The van der Waals surface area contributed by atoms with E-state index in [2.05, 4.69) is 35.8 Å². The average molecular weight is 454 g/mol. The molecule has 3 aliphatic rings. The zero-order valence-electron chi connectivity index (χ0n) is 17.9. The summed E-state index contributed by atoms with van der Waals surface area (Å²) in [6.45, 7) is 4.01. The summed E-state index contributed by atoms with van der Waals surface area (Å²) in [5.74, 6) is -0.264. The fourth-order valence-electron chi connectivity index (χ4n) is 5.15. The highest BCUT2D eigenvalue weighted by Gasteiger charge is 2.42. The maximum absolute atomic E-state index is 13.5. The molecular weight excluding hydrogens is 426 g/mol. The number of esters is 1. The van der Waals surface area contributed by atoms with Gasteiger partial charge in [-0.05, 0) is 69.5 Å². The van der Waals surface area contributed by atoms with Gasteiger partial charge in [0, 0.05) is 43.9 Å². The SMILES string of the molecule is CC1=C(C(=O)OC2CCCC2)[C@H](c2ccc(C)s2)C2=C(C[C@H](c3cccs3)CC2=O)N1. The van der Waals surface area contributed by atoms with Gasteiger partial charge in [-0.2, -0.15) is 0 Å². The van der Waals surface area contributed by atoms with Crippen molar-refractivity contribution >= 4 is 34.4 Å². The van der Waals surface area contributed by atoms with Gasteiger partial charge in [-0.15, -0.1) is 22.7 Å². The minimum atomic E-state index is -0.333. The van der Waals surface area contributed by atoms with Gasteiger partial charge in [0.1, 0.15) is 6.10 Å². The molecule has 0 bridgehead atoms. The van der Waals surface area contributed by atoms with Crippen molar-refractivity contribution in [1.29, 1.82) is 0 Å². The number of hydrogen-bond donors (Lipinski definition) is 1. The van der Waals surface area contributed by atoms with Gasteiger partial charge in [0.25, 0.3) is 0 Å². The number of ketones is 1. The van der Waals surface area contributed by atoms with Gasteiger partial charge < -0.3 is 10.1 Å². The third-order valence-electron chi connectivity index (χ3n) is 6.61. The Morgan fingerprint density at radius 3 is 2.58 bits per heavy atom. The molecule has 6 heteroatoms. The average Bonchev–Trinajstić information content (AvgIpc) is 3.49. The van der Waals surface area contributed by atoms with Gasteiger partial charge in [-0.3, -0.25) is 4.79 Å². The lowest BCUT2D eigenvalue weighted by molar-refractivity contribution is -0.144. The van der Waals surface area contributed by atoms with Crippen LogP contribution >= 0.6 is 22.7 Å². The van der Waals surface area contributed by atoms with E-state index in [9.17, 15) is 9.59 Å². The number of carbonyl (C=O) groups excluding carboxylic acids is 2. The first-order valence-corrected chi connectivity index (χ1v) is 12.8. The van der Waals surface area contributed by atoms with E-state index in [4.69, 9.17) is 4.74 Å². The minimum absolute atomic E-state index is 0.000773. The maximum Gasteiger partial charge on any atom is 0.337 e. The van der Waals surface area contributed by atoms with Crippen LogP contribution in [0.3, 0.4) is 0 Å². The Kier molecular flexibility index (Phi) is 5.61. The van der Waals surface area contributed by atoms with Crippen LogP contribution in [-0.2, 0) is 14.3 Å². The second kappa shape index (κ2) is 8.40. The van der Waals surface area contributed by atoms with Gasteiger partial charge in [0.05, 0.1) is 11.5 Å². The predicted octanol–water partition coefficient (Wildman–Crippen LogP) is 5.97. The van der Waals surface area contributed by atoms with Crippen molar-refractivity contribution in [2.75, 3.05) is 0 Å². The molecule has 1 aliphatic heterocycles. The fourth-order valence-corrected chi connectivity index (χ4v) is 6.98. The molecule has 2 atom stereocenters. The molecule has 0 saturated heterocycles. The summed E-state index contributed by atoms with van der Waals surface area (Å²) in [6.07, 6.45) is 5.38. The zero-order chi connectivity index (χ0) is 21.5. The number of aryl methyl sites for hydroxylation is 1. The maximum atomic E-state index is 13.5. The van der Waals surface area contributed by atoms with Crippen LogP contribution < -0.4 is 5.32 Å². The van der Waals surface area contributed by atoms with Gasteiger partial charge in [0.15, 0.2) is 5.78 Å². The molecule has 0 amide bonds. The molecule has 1 fully saturated rings. The third kappa shape index (κ3) is 3.92. The van der Waals surface area contributed by atoms with E-state index in [0.29, 0.717) is 12.0 Å². The summed E-state index contributed by atoms with van der Waals surface area (Å²) in [6, 6.07) is 8.29. The number of allylic oxidation sites excluding steroid dienone is 3. The van der Waals surface area contributed by atoms with Crippen LogP contribution in [0.5, 0.6) is 0 Å². The second-order valence-electron chi connectivity index (χ2n) is 8.79. The Hall–Kier alpha value is -2.18. The Labute approximate surface area is 191 Å². The number of nitrogens with one attached hydrogen (secondary N) is 1. The van der Waals surface area contributed by atoms with Crippen LogP contribution in [0.25, 0.3) is 0 Å². The second-order valence-corrected chi connectivity index (χ2v) is 11.1. The van der Waals surface area contributed by atoms with Crippen molar-refractivity contribution in [3.05, 3.63) is 66.8 Å². The number of carbonyl (C=O) groups is 2. The summed E-state index contributed by atoms with van der Waals surface area (Å²) >= 11 is 3.37. The molecule has 0 radical (unpaired) electrons. The summed E-state index contributed by atoms with van der Waals surface area (Å²) in [7, 11) is 0. The third-order valence-corrected chi connectivity index (χ3v) is 8.71. The molecule has 4 nitrogen and oxygen atoms in total. The van der Waals surface area contributed by atoms with Crippen molar-refractivity contribution in [3.63, 3.8) is 0 Å². The molecule has 1 N–H and O–H groups in total. The molecule has 0 spiro atoms. The molecule has 2 aromatic heterocycles.